The number of pyridine rings is 1. The molecule has 0 saturated heterocycles. The molecular weight excluding hydrogens is 494 g/mol. The highest BCUT2D eigenvalue weighted by Crippen LogP contribution is 2.35. The predicted molar refractivity (Wildman–Crippen MR) is 122 cm³/mol. The van der Waals surface area contributed by atoms with E-state index in [2.05, 4.69) is 28.2 Å². The van der Waals surface area contributed by atoms with E-state index >= 15 is 0 Å². The van der Waals surface area contributed by atoms with Crippen LogP contribution in [0.25, 0.3) is 0 Å². The monoisotopic (exact) mass is 519 g/mol. The van der Waals surface area contributed by atoms with E-state index in [4.69, 9.17) is 49.0 Å². The van der Waals surface area contributed by atoms with Crippen LogP contribution in [0.3, 0.4) is 0 Å². The molecule has 2 aromatic rings. The fourth-order valence-corrected chi connectivity index (χ4v) is 3.43. The molecule has 0 fully saturated rings. The minimum absolute atomic E-state index is 0.0801. The van der Waals surface area contributed by atoms with Gasteiger partial charge >= 0.3 is 5.96 Å². The van der Waals surface area contributed by atoms with E-state index in [1.807, 2.05) is 30.5 Å². The standard InChI is InChI=1S/C17H18ClN5.2CH4O3S/c1-10-6-7-21-14-8-11(12-4-2-3-5-13(12)18)9-15(16(10)14)22-23-17(19)20;2*1-5(2,3)4/h2-7,11H,8-9H2,1H3,(H4,19,20,23);2*1H3,(H,2,3,4)/b22-15+;;/t11-;;/m1../s1. The Bertz CT molecular complexity index is 1200. The van der Waals surface area contributed by atoms with Crippen LogP contribution in [0, 0.1) is 6.92 Å². The Kier molecular flexibility index (Phi) is 10.4. The van der Waals surface area contributed by atoms with Crippen molar-refractivity contribution in [2.45, 2.75) is 25.7 Å². The number of rotatable bonds is 2. The molecule has 1 atom stereocenters. The normalized spacial score (nSPS) is 16.4. The van der Waals surface area contributed by atoms with Crippen LogP contribution in [0.15, 0.2) is 41.6 Å². The fourth-order valence-electron chi connectivity index (χ4n) is 3.14. The maximum absolute atomic E-state index is 9.08. The van der Waals surface area contributed by atoms with Gasteiger partial charge in [0, 0.05) is 42.4 Å². The van der Waals surface area contributed by atoms with Gasteiger partial charge in [-0.1, -0.05) is 29.8 Å². The van der Waals surface area contributed by atoms with Crippen molar-refractivity contribution < 1.29 is 36.0 Å². The van der Waals surface area contributed by atoms with Crippen molar-refractivity contribution in [1.82, 2.24) is 0 Å². The predicted octanol–water partition coefficient (Wildman–Crippen LogP) is -1.43. The Balaban J connectivity index is 0.000000460. The Hall–Kier alpha value is -2.58. The molecule has 0 spiro atoms. The summed E-state index contributed by atoms with van der Waals surface area (Å²) in [6.45, 7) is 2.08. The first-order chi connectivity index (χ1) is 15.1. The van der Waals surface area contributed by atoms with Crippen LogP contribution in [0.5, 0.6) is 0 Å². The van der Waals surface area contributed by atoms with Gasteiger partial charge in [0.25, 0.3) is 0 Å². The summed E-state index contributed by atoms with van der Waals surface area (Å²) >= 11 is 6.38. The second-order valence-corrected chi connectivity index (χ2v) is 10.4. The van der Waals surface area contributed by atoms with Crippen molar-refractivity contribution in [3.63, 3.8) is 0 Å². The van der Waals surface area contributed by atoms with E-state index in [-0.39, 0.29) is 11.9 Å². The number of nitrogens with two attached hydrogens (primary N) is 2. The molecule has 1 aromatic heterocycles. The van der Waals surface area contributed by atoms with Crippen molar-refractivity contribution in [2.24, 2.45) is 16.6 Å². The van der Waals surface area contributed by atoms with Gasteiger partial charge in [-0.15, -0.1) is 5.10 Å². The highest BCUT2D eigenvalue weighted by Gasteiger charge is 2.31. The van der Waals surface area contributed by atoms with Gasteiger partial charge in [-0.3, -0.25) is 11.5 Å². The van der Waals surface area contributed by atoms with Gasteiger partial charge < -0.3 is 9.11 Å². The molecule has 11 nitrogen and oxygen atoms in total. The molecule has 0 unspecified atom stereocenters. The van der Waals surface area contributed by atoms with E-state index in [1.165, 1.54) is 5.56 Å². The summed E-state index contributed by atoms with van der Waals surface area (Å²) in [5.41, 5.74) is 16.5. The largest absolute Gasteiger partial charge is 0.748 e. The first-order valence-corrected chi connectivity index (χ1v) is 13.3. The third kappa shape index (κ3) is 11.7. The highest BCUT2D eigenvalue weighted by atomic mass is 35.5. The number of aromatic amines is 1. The number of aromatic nitrogens is 1. The minimum atomic E-state index is -3.92. The summed E-state index contributed by atoms with van der Waals surface area (Å²) in [6, 6.07) is 9.99. The number of hydrogen-bond donors (Lipinski definition) is 3. The third-order valence-electron chi connectivity index (χ3n) is 4.13. The summed E-state index contributed by atoms with van der Waals surface area (Å²) < 4.78 is 54.5. The molecule has 0 bridgehead atoms. The van der Waals surface area contributed by atoms with E-state index < -0.39 is 20.2 Å². The molecule has 182 valence electrons. The maximum atomic E-state index is 9.08. The van der Waals surface area contributed by atoms with Crippen LogP contribution in [0.1, 0.15) is 34.7 Å². The van der Waals surface area contributed by atoms with Gasteiger partial charge in [0.1, 0.15) is 0 Å². The molecule has 0 aliphatic heterocycles. The molecular formula is C19H26ClN5O6S2. The van der Waals surface area contributed by atoms with E-state index in [9.17, 15) is 0 Å². The molecule has 33 heavy (non-hydrogen) atoms. The number of halogens is 1. The van der Waals surface area contributed by atoms with E-state index in [0.717, 1.165) is 40.4 Å². The van der Waals surface area contributed by atoms with Crippen molar-refractivity contribution in [2.75, 3.05) is 12.5 Å². The molecule has 1 heterocycles. The van der Waals surface area contributed by atoms with Crippen molar-refractivity contribution >= 4 is 43.5 Å². The van der Waals surface area contributed by atoms with Crippen LogP contribution in [0.2, 0.25) is 5.02 Å². The van der Waals surface area contributed by atoms with Gasteiger partial charge in [-0.25, -0.2) is 21.8 Å². The van der Waals surface area contributed by atoms with E-state index in [1.54, 1.807) is 0 Å². The lowest BCUT2D eigenvalue weighted by Gasteiger charge is -2.24. The Labute approximate surface area is 198 Å². The second kappa shape index (κ2) is 12.0. The topological polar surface area (TPSA) is 207 Å². The SMILES string of the molecule is CS(=O)(=O)[O-].CS(=O)(=O)[O-].Cc1cc[nH+]c2c1/C(=N/[NH+]=C(N)N)C[C@H](c1ccccc1Cl)C2. The zero-order valence-corrected chi connectivity index (χ0v) is 20.6. The Morgan fingerprint density at radius 3 is 2.15 bits per heavy atom. The molecule has 0 saturated carbocycles. The maximum Gasteiger partial charge on any atom is 0.362 e. The second-order valence-electron chi connectivity index (χ2n) is 7.17. The Morgan fingerprint density at radius 2 is 1.64 bits per heavy atom. The van der Waals surface area contributed by atoms with Crippen LogP contribution in [-0.2, 0) is 26.7 Å². The molecule has 1 aromatic carbocycles. The average Bonchev–Trinajstić information content (AvgIpc) is 2.63. The minimum Gasteiger partial charge on any atom is -0.748 e. The smallest absolute Gasteiger partial charge is 0.362 e. The number of hydrazone groups is 1. The van der Waals surface area contributed by atoms with Gasteiger partial charge in [0.05, 0.1) is 31.5 Å². The average molecular weight is 520 g/mol. The summed E-state index contributed by atoms with van der Waals surface area (Å²) in [4.78, 5) is 3.35. The Morgan fingerprint density at radius 1 is 1.09 bits per heavy atom. The lowest BCUT2D eigenvalue weighted by Crippen LogP contribution is -2.73. The van der Waals surface area contributed by atoms with Crippen LogP contribution in [-0.4, -0.2) is 50.1 Å². The number of hydrogen-bond acceptors (Lipinski definition) is 7. The number of fused-ring (bicyclic) bond motifs is 1. The summed E-state index contributed by atoms with van der Waals surface area (Å²) in [5, 5.41) is 7.87. The summed E-state index contributed by atoms with van der Waals surface area (Å²) in [6.07, 6.45) is 4.83. The van der Waals surface area contributed by atoms with Crippen molar-refractivity contribution in [1.29, 1.82) is 0 Å². The number of nitrogens with zero attached hydrogens (tertiary/aromatic N) is 1. The molecule has 0 amide bonds. The molecule has 0 radical (unpaired) electrons. The molecule has 3 rings (SSSR count). The zero-order chi connectivity index (χ0) is 25.4. The zero-order valence-electron chi connectivity index (χ0n) is 18.2. The molecule has 6 N–H and O–H groups in total. The van der Waals surface area contributed by atoms with Crippen LogP contribution >= 0.6 is 11.6 Å². The first-order valence-electron chi connectivity index (χ1n) is 9.33. The lowest BCUT2D eigenvalue weighted by atomic mass is 9.80. The third-order valence-corrected chi connectivity index (χ3v) is 4.48. The summed E-state index contributed by atoms with van der Waals surface area (Å²) in [5.74, 6) is 0.338. The van der Waals surface area contributed by atoms with Crippen molar-refractivity contribution in [3.05, 3.63) is 63.9 Å². The van der Waals surface area contributed by atoms with Crippen LogP contribution < -0.4 is 21.6 Å². The quantitative estimate of drug-likeness (QED) is 0.185. The van der Waals surface area contributed by atoms with Gasteiger partial charge in [0.15, 0.2) is 11.9 Å². The number of aryl methyl sites for hydroxylation is 1. The lowest BCUT2D eigenvalue weighted by molar-refractivity contribution is -0.464. The molecule has 1 aliphatic rings. The highest BCUT2D eigenvalue weighted by molar-refractivity contribution is 7.85. The molecule has 1 aliphatic carbocycles. The summed E-state index contributed by atoms with van der Waals surface area (Å²) in [7, 11) is -7.83. The molecule has 14 heteroatoms. The first kappa shape index (κ1) is 28.5. The van der Waals surface area contributed by atoms with Gasteiger partial charge in [-0.05, 0) is 24.1 Å². The fraction of sp³-hybridized carbons (Fsp3) is 0.316. The van der Waals surface area contributed by atoms with Gasteiger partial charge in [0.2, 0.25) is 0 Å². The number of guanidine groups is 1. The van der Waals surface area contributed by atoms with Crippen molar-refractivity contribution in [3.8, 4) is 0 Å². The number of nitrogens with one attached hydrogen (secondary N) is 2. The van der Waals surface area contributed by atoms with Gasteiger partial charge in [-0.2, -0.15) is 5.10 Å². The number of benzene rings is 1. The van der Waals surface area contributed by atoms with Crippen LogP contribution in [0.4, 0.5) is 0 Å². The number of H-pyrrole nitrogens is 1. The van der Waals surface area contributed by atoms with E-state index in [0.29, 0.717) is 12.5 Å².